The third kappa shape index (κ3) is 1.75. The molecule has 4 nitrogen and oxygen atoms in total. The first kappa shape index (κ1) is 9.83. The van der Waals surface area contributed by atoms with Crippen LogP contribution in [0.3, 0.4) is 0 Å². The van der Waals surface area contributed by atoms with E-state index in [0.29, 0.717) is 17.9 Å². The van der Waals surface area contributed by atoms with Gasteiger partial charge in [-0.3, -0.25) is 4.79 Å². The second-order valence-electron chi connectivity index (χ2n) is 3.50. The Hall–Kier alpha value is -1.71. The van der Waals surface area contributed by atoms with Crippen LogP contribution in [0.1, 0.15) is 12.0 Å². The lowest BCUT2D eigenvalue weighted by Crippen LogP contribution is -2.36. The number of hydrogen-bond acceptors (Lipinski definition) is 3. The number of primary amides is 1. The van der Waals surface area contributed by atoms with Crippen molar-refractivity contribution in [3.05, 3.63) is 23.8 Å². The van der Waals surface area contributed by atoms with Crippen molar-refractivity contribution < 1.29 is 14.3 Å². The first-order valence-electron chi connectivity index (χ1n) is 4.84. The third-order valence-corrected chi connectivity index (χ3v) is 2.53. The molecule has 0 spiro atoms. The number of fused-ring (bicyclic) bond motifs is 1. The molecule has 1 aliphatic heterocycles. The normalized spacial score (nSPS) is 18.9. The molecule has 0 saturated heterocycles. The number of amides is 1. The summed E-state index contributed by atoms with van der Waals surface area (Å²) in [7, 11) is 1.58. The van der Waals surface area contributed by atoms with Gasteiger partial charge in [-0.15, -0.1) is 0 Å². The number of carbonyl (C=O) groups excluding carboxylic acids is 1. The number of benzene rings is 1. The molecule has 1 amide bonds. The highest BCUT2D eigenvalue weighted by molar-refractivity contribution is 5.79. The predicted octanol–water partition coefficient (Wildman–Crippen LogP) is 0.874. The van der Waals surface area contributed by atoms with E-state index in [1.54, 1.807) is 7.11 Å². The quantitative estimate of drug-likeness (QED) is 0.782. The van der Waals surface area contributed by atoms with E-state index in [4.69, 9.17) is 15.2 Å². The Morgan fingerprint density at radius 1 is 1.60 bits per heavy atom. The number of hydrogen-bond donors (Lipinski definition) is 1. The number of methoxy groups -OCH3 is 1. The SMILES string of the molecule is COc1cccc2c1OC(C(N)=O)CC2. The first-order chi connectivity index (χ1) is 7.22. The molecule has 1 unspecified atom stereocenters. The molecule has 1 aliphatic rings. The standard InChI is InChI=1S/C11H13NO3/c1-14-8-4-2-3-7-5-6-9(11(12)13)15-10(7)8/h2-4,9H,5-6H2,1H3,(H2,12,13). The van der Waals surface area contributed by atoms with Crippen LogP contribution in [0.15, 0.2) is 18.2 Å². The number of rotatable bonds is 2. The first-order valence-corrected chi connectivity index (χ1v) is 4.84. The molecule has 15 heavy (non-hydrogen) atoms. The minimum atomic E-state index is -0.534. The lowest BCUT2D eigenvalue weighted by molar-refractivity contribution is -0.125. The van der Waals surface area contributed by atoms with Crippen molar-refractivity contribution in [1.82, 2.24) is 0 Å². The van der Waals surface area contributed by atoms with E-state index in [0.717, 1.165) is 12.0 Å². The van der Waals surface area contributed by atoms with E-state index in [1.165, 1.54) is 0 Å². The van der Waals surface area contributed by atoms with Gasteiger partial charge < -0.3 is 15.2 Å². The molecule has 1 aromatic rings. The Bertz CT molecular complexity index is 375. The van der Waals surface area contributed by atoms with Crippen molar-refractivity contribution >= 4 is 5.91 Å². The largest absolute Gasteiger partial charge is 0.493 e. The monoisotopic (exact) mass is 207 g/mol. The maximum atomic E-state index is 11.0. The van der Waals surface area contributed by atoms with Crippen LogP contribution in [0.5, 0.6) is 11.5 Å². The fourth-order valence-corrected chi connectivity index (χ4v) is 1.74. The van der Waals surface area contributed by atoms with Crippen molar-refractivity contribution in [3.8, 4) is 11.5 Å². The molecule has 1 heterocycles. The highest BCUT2D eigenvalue weighted by atomic mass is 16.5. The van der Waals surface area contributed by atoms with E-state index in [-0.39, 0.29) is 0 Å². The molecule has 4 heteroatoms. The molecular formula is C11H13NO3. The summed E-state index contributed by atoms with van der Waals surface area (Å²) in [5.41, 5.74) is 6.27. The molecule has 0 aromatic heterocycles. The van der Waals surface area contributed by atoms with Crippen LogP contribution in [-0.2, 0) is 11.2 Å². The Morgan fingerprint density at radius 2 is 2.40 bits per heavy atom. The maximum Gasteiger partial charge on any atom is 0.258 e. The zero-order valence-corrected chi connectivity index (χ0v) is 8.53. The minimum absolute atomic E-state index is 0.424. The Balaban J connectivity index is 2.34. The average molecular weight is 207 g/mol. The van der Waals surface area contributed by atoms with Gasteiger partial charge >= 0.3 is 0 Å². The second kappa shape index (κ2) is 3.81. The summed E-state index contributed by atoms with van der Waals surface area (Å²) in [6, 6.07) is 5.68. The number of aryl methyl sites for hydroxylation is 1. The van der Waals surface area contributed by atoms with E-state index < -0.39 is 12.0 Å². The van der Waals surface area contributed by atoms with Gasteiger partial charge in [0.15, 0.2) is 17.6 Å². The molecule has 1 atom stereocenters. The Kier molecular flexibility index (Phi) is 2.49. The van der Waals surface area contributed by atoms with Gasteiger partial charge in [0.25, 0.3) is 5.91 Å². The second-order valence-corrected chi connectivity index (χ2v) is 3.50. The van der Waals surface area contributed by atoms with E-state index >= 15 is 0 Å². The molecule has 0 fully saturated rings. The molecular weight excluding hydrogens is 194 g/mol. The van der Waals surface area contributed by atoms with Crippen LogP contribution < -0.4 is 15.2 Å². The summed E-state index contributed by atoms with van der Waals surface area (Å²) in [6.07, 6.45) is 0.893. The molecule has 2 N–H and O–H groups in total. The zero-order valence-electron chi connectivity index (χ0n) is 8.53. The average Bonchev–Trinajstić information content (AvgIpc) is 2.27. The third-order valence-electron chi connectivity index (χ3n) is 2.53. The molecule has 0 radical (unpaired) electrons. The maximum absolute atomic E-state index is 11.0. The lowest BCUT2D eigenvalue weighted by atomic mass is 10.0. The number of carbonyl (C=O) groups is 1. The van der Waals surface area contributed by atoms with Crippen LogP contribution in [0.2, 0.25) is 0 Å². The number of ether oxygens (including phenoxy) is 2. The van der Waals surface area contributed by atoms with Crippen molar-refractivity contribution in [2.75, 3.05) is 7.11 Å². The number of para-hydroxylation sites is 1. The van der Waals surface area contributed by atoms with Crippen molar-refractivity contribution in [2.24, 2.45) is 5.73 Å². The predicted molar refractivity (Wildman–Crippen MR) is 54.9 cm³/mol. The Morgan fingerprint density at radius 3 is 3.07 bits per heavy atom. The molecule has 0 saturated carbocycles. The fraction of sp³-hybridized carbons (Fsp3) is 0.364. The molecule has 0 bridgehead atoms. The summed E-state index contributed by atoms with van der Waals surface area (Å²) in [5.74, 6) is 0.875. The van der Waals surface area contributed by atoms with E-state index in [9.17, 15) is 4.79 Å². The van der Waals surface area contributed by atoms with Crippen LogP contribution >= 0.6 is 0 Å². The van der Waals surface area contributed by atoms with Gasteiger partial charge in [-0.1, -0.05) is 12.1 Å². The van der Waals surface area contributed by atoms with Crippen LogP contribution in [0.4, 0.5) is 0 Å². The van der Waals surface area contributed by atoms with Gasteiger partial charge in [0.2, 0.25) is 0 Å². The van der Waals surface area contributed by atoms with Gasteiger partial charge in [-0.25, -0.2) is 0 Å². The summed E-state index contributed by atoms with van der Waals surface area (Å²) < 4.78 is 10.7. The molecule has 0 aliphatic carbocycles. The summed E-state index contributed by atoms with van der Waals surface area (Å²) >= 11 is 0. The zero-order chi connectivity index (χ0) is 10.8. The van der Waals surface area contributed by atoms with Crippen molar-refractivity contribution in [2.45, 2.75) is 18.9 Å². The molecule has 1 aromatic carbocycles. The van der Waals surface area contributed by atoms with Gasteiger partial charge in [0, 0.05) is 0 Å². The summed E-state index contributed by atoms with van der Waals surface area (Å²) in [5, 5.41) is 0. The van der Waals surface area contributed by atoms with Gasteiger partial charge in [-0.2, -0.15) is 0 Å². The lowest BCUT2D eigenvalue weighted by Gasteiger charge is -2.25. The van der Waals surface area contributed by atoms with Gasteiger partial charge in [-0.05, 0) is 24.5 Å². The summed E-state index contributed by atoms with van der Waals surface area (Å²) in [4.78, 5) is 11.0. The smallest absolute Gasteiger partial charge is 0.258 e. The Labute approximate surface area is 88.0 Å². The topological polar surface area (TPSA) is 61.6 Å². The van der Waals surface area contributed by atoms with E-state index in [1.807, 2.05) is 18.2 Å². The van der Waals surface area contributed by atoms with Crippen molar-refractivity contribution in [3.63, 3.8) is 0 Å². The van der Waals surface area contributed by atoms with Crippen LogP contribution in [0, 0.1) is 0 Å². The highest BCUT2D eigenvalue weighted by Crippen LogP contribution is 2.36. The fourth-order valence-electron chi connectivity index (χ4n) is 1.74. The van der Waals surface area contributed by atoms with Gasteiger partial charge in [0.05, 0.1) is 7.11 Å². The van der Waals surface area contributed by atoms with Crippen LogP contribution in [0.25, 0.3) is 0 Å². The van der Waals surface area contributed by atoms with E-state index in [2.05, 4.69) is 0 Å². The molecule has 2 rings (SSSR count). The number of nitrogens with two attached hydrogens (primary N) is 1. The van der Waals surface area contributed by atoms with Crippen molar-refractivity contribution in [1.29, 1.82) is 0 Å². The minimum Gasteiger partial charge on any atom is -0.493 e. The van der Waals surface area contributed by atoms with Crippen LogP contribution in [-0.4, -0.2) is 19.1 Å². The highest BCUT2D eigenvalue weighted by Gasteiger charge is 2.26. The van der Waals surface area contributed by atoms with Gasteiger partial charge in [0.1, 0.15) is 0 Å². The summed E-state index contributed by atoms with van der Waals surface area (Å²) in [6.45, 7) is 0. The molecule has 80 valence electrons.